The Hall–Kier alpha value is -2.75. The molecule has 0 fully saturated rings. The zero-order chi connectivity index (χ0) is 14.7. The Morgan fingerprint density at radius 1 is 1.05 bits per heavy atom. The average Bonchev–Trinajstić information content (AvgIpc) is 2.83. The summed E-state index contributed by atoms with van der Waals surface area (Å²) in [5.74, 6) is -0.388. The lowest BCUT2D eigenvalue weighted by Crippen LogP contribution is -2.22. The quantitative estimate of drug-likeness (QED) is 0.796. The van der Waals surface area contributed by atoms with Crippen LogP contribution in [0.4, 0.5) is 0 Å². The van der Waals surface area contributed by atoms with Gasteiger partial charge in [0.15, 0.2) is 0 Å². The maximum absolute atomic E-state index is 12.2. The Balaban J connectivity index is 1.85. The summed E-state index contributed by atoms with van der Waals surface area (Å²) in [6.07, 6.45) is 1.64. The Morgan fingerprint density at radius 3 is 2.33 bits per heavy atom. The van der Waals surface area contributed by atoms with Crippen LogP contribution in [0, 0.1) is 5.92 Å². The number of carbonyl (C=O) groups excluding carboxylic acids is 1. The second kappa shape index (κ2) is 5.71. The highest BCUT2D eigenvalue weighted by Crippen LogP contribution is 2.20. The molecule has 0 saturated heterocycles. The van der Waals surface area contributed by atoms with Crippen LogP contribution in [0.1, 0.15) is 18.1 Å². The van der Waals surface area contributed by atoms with E-state index in [4.69, 9.17) is 0 Å². The molecule has 0 aromatic heterocycles. The van der Waals surface area contributed by atoms with Crippen molar-refractivity contribution in [3.63, 3.8) is 0 Å². The van der Waals surface area contributed by atoms with E-state index in [9.17, 15) is 4.79 Å². The minimum absolute atomic E-state index is 0.110. The molecule has 0 bridgehead atoms. The van der Waals surface area contributed by atoms with Crippen LogP contribution in [0.15, 0.2) is 70.9 Å². The largest absolute Gasteiger partial charge is 0.273 e. The lowest BCUT2D eigenvalue weighted by Gasteiger charge is -2.05. The predicted molar refractivity (Wildman–Crippen MR) is 83.0 cm³/mol. The van der Waals surface area contributed by atoms with Gasteiger partial charge in [0.1, 0.15) is 0 Å². The van der Waals surface area contributed by atoms with Gasteiger partial charge < -0.3 is 0 Å². The van der Waals surface area contributed by atoms with E-state index in [1.165, 1.54) is 5.12 Å². The van der Waals surface area contributed by atoms with Crippen molar-refractivity contribution in [2.24, 2.45) is 16.1 Å². The molecule has 0 saturated carbocycles. The van der Waals surface area contributed by atoms with Crippen molar-refractivity contribution < 1.29 is 4.79 Å². The van der Waals surface area contributed by atoms with Gasteiger partial charge in [-0.25, -0.2) is 0 Å². The Labute approximate surface area is 123 Å². The third-order valence-electron chi connectivity index (χ3n) is 3.37. The number of rotatable bonds is 3. The Kier molecular flexibility index (Phi) is 3.60. The van der Waals surface area contributed by atoms with Crippen LogP contribution >= 0.6 is 0 Å². The van der Waals surface area contributed by atoms with Crippen molar-refractivity contribution in [3.8, 4) is 0 Å². The Bertz CT molecular complexity index is 692. The monoisotopic (exact) mass is 277 g/mol. The topological polar surface area (TPSA) is 45.0 Å². The van der Waals surface area contributed by atoms with E-state index in [1.54, 1.807) is 6.21 Å². The highest BCUT2D eigenvalue weighted by Gasteiger charge is 2.32. The van der Waals surface area contributed by atoms with Crippen molar-refractivity contribution >= 4 is 17.8 Å². The van der Waals surface area contributed by atoms with Crippen LogP contribution in [0.3, 0.4) is 0 Å². The molecule has 0 aliphatic carbocycles. The van der Waals surface area contributed by atoms with Crippen molar-refractivity contribution in [1.29, 1.82) is 0 Å². The molecule has 21 heavy (non-hydrogen) atoms. The molecule has 1 aliphatic rings. The first kappa shape index (κ1) is 13.2. The fourth-order valence-electron chi connectivity index (χ4n) is 2.19. The minimum atomic E-state index is -0.277. The van der Waals surface area contributed by atoms with Crippen molar-refractivity contribution in [1.82, 2.24) is 5.12 Å². The molecule has 2 aromatic rings. The van der Waals surface area contributed by atoms with Gasteiger partial charge in [0.2, 0.25) is 0 Å². The highest BCUT2D eigenvalue weighted by atomic mass is 16.2. The molecule has 0 spiro atoms. The summed E-state index contributed by atoms with van der Waals surface area (Å²) in [7, 11) is 0. The smallest absolute Gasteiger partial charge is 0.270 e. The van der Waals surface area contributed by atoms with Crippen LogP contribution in [-0.2, 0) is 4.79 Å². The number of carbonyl (C=O) groups is 1. The second-order valence-corrected chi connectivity index (χ2v) is 4.86. The molecule has 4 heteroatoms. The summed E-state index contributed by atoms with van der Waals surface area (Å²) in [6.45, 7) is 1.85. The minimum Gasteiger partial charge on any atom is -0.270 e. The molecule has 4 nitrogen and oxygen atoms in total. The summed E-state index contributed by atoms with van der Waals surface area (Å²) in [4.78, 5) is 12.2. The van der Waals surface area contributed by atoms with Crippen molar-refractivity contribution in [2.45, 2.75) is 6.92 Å². The maximum atomic E-state index is 12.2. The van der Waals surface area contributed by atoms with Gasteiger partial charge in [0, 0.05) is 0 Å². The molecule has 0 radical (unpaired) electrons. The van der Waals surface area contributed by atoms with Crippen LogP contribution in [0.5, 0.6) is 0 Å². The van der Waals surface area contributed by atoms with Gasteiger partial charge in [-0.2, -0.15) is 10.2 Å². The normalized spacial score (nSPS) is 18.3. The third-order valence-corrected chi connectivity index (χ3v) is 3.37. The molecule has 1 atom stereocenters. The number of hydrogen-bond acceptors (Lipinski definition) is 3. The number of benzene rings is 2. The van der Waals surface area contributed by atoms with Crippen molar-refractivity contribution in [3.05, 3.63) is 71.8 Å². The molecule has 104 valence electrons. The second-order valence-electron chi connectivity index (χ2n) is 4.86. The third kappa shape index (κ3) is 2.74. The van der Waals surface area contributed by atoms with Gasteiger partial charge in [-0.1, -0.05) is 60.7 Å². The van der Waals surface area contributed by atoms with E-state index in [2.05, 4.69) is 10.2 Å². The van der Waals surface area contributed by atoms with E-state index >= 15 is 0 Å². The molecular weight excluding hydrogens is 262 g/mol. The van der Waals surface area contributed by atoms with Crippen LogP contribution in [-0.4, -0.2) is 23.0 Å². The van der Waals surface area contributed by atoms with Gasteiger partial charge in [0.25, 0.3) is 5.91 Å². The van der Waals surface area contributed by atoms with E-state index in [0.717, 1.165) is 16.8 Å². The zero-order valence-electron chi connectivity index (χ0n) is 11.7. The average molecular weight is 277 g/mol. The summed E-state index contributed by atoms with van der Waals surface area (Å²) in [5, 5.41) is 9.69. The lowest BCUT2D eigenvalue weighted by molar-refractivity contribution is -0.131. The number of nitrogens with zero attached hydrogens (tertiary/aromatic N) is 3. The molecule has 1 aliphatic heterocycles. The zero-order valence-corrected chi connectivity index (χ0v) is 11.7. The van der Waals surface area contributed by atoms with Crippen LogP contribution < -0.4 is 0 Å². The SMILES string of the molecule is CC1C(=O)N(/N=C/c2ccccc2)N=C1c1ccccc1. The molecule has 0 N–H and O–H groups in total. The van der Waals surface area contributed by atoms with Crippen molar-refractivity contribution in [2.75, 3.05) is 0 Å². The van der Waals surface area contributed by atoms with E-state index in [0.29, 0.717) is 0 Å². The Morgan fingerprint density at radius 2 is 1.67 bits per heavy atom. The molecule has 1 amide bonds. The summed E-state index contributed by atoms with van der Waals surface area (Å²) >= 11 is 0. The van der Waals surface area contributed by atoms with Gasteiger partial charge in [-0.3, -0.25) is 4.79 Å². The maximum Gasteiger partial charge on any atom is 0.273 e. The summed E-state index contributed by atoms with van der Waals surface area (Å²) < 4.78 is 0. The van der Waals surface area contributed by atoms with E-state index < -0.39 is 0 Å². The van der Waals surface area contributed by atoms with E-state index in [1.807, 2.05) is 67.6 Å². The van der Waals surface area contributed by atoms with E-state index in [-0.39, 0.29) is 11.8 Å². The molecule has 3 rings (SSSR count). The highest BCUT2D eigenvalue weighted by molar-refractivity contribution is 6.15. The summed E-state index contributed by atoms with van der Waals surface area (Å²) in [6, 6.07) is 19.4. The predicted octanol–water partition coefficient (Wildman–Crippen LogP) is 2.90. The first-order valence-electron chi connectivity index (χ1n) is 6.82. The van der Waals surface area contributed by atoms with Gasteiger partial charge >= 0.3 is 0 Å². The number of hydrogen-bond donors (Lipinski definition) is 0. The first-order valence-corrected chi connectivity index (χ1v) is 6.82. The van der Waals surface area contributed by atoms with Gasteiger partial charge in [0.05, 0.1) is 17.8 Å². The van der Waals surface area contributed by atoms with Crippen LogP contribution in [0.25, 0.3) is 0 Å². The lowest BCUT2D eigenvalue weighted by atomic mass is 9.99. The molecule has 1 unspecified atom stereocenters. The summed E-state index contributed by atoms with van der Waals surface area (Å²) in [5.41, 5.74) is 2.64. The molecule has 2 aromatic carbocycles. The van der Waals surface area contributed by atoms with Gasteiger partial charge in [-0.05, 0) is 18.1 Å². The molecular formula is C17H15N3O. The fraction of sp³-hybridized carbons (Fsp3) is 0.118. The number of hydrazone groups is 2. The van der Waals surface area contributed by atoms with Crippen LogP contribution in [0.2, 0.25) is 0 Å². The van der Waals surface area contributed by atoms with Gasteiger partial charge in [-0.15, -0.1) is 5.12 Å². The number of amides is 1. The molecule has 1 heterocycles. The first-order chi connectivity index (χ1) is 10.3. The standard InChI is InChI=1S/C17H15N3O/c1-13-16(15-10-6-3-7-11-15)19-20(17(13)21)18-12-14-8-4-2-5-9-14/h2-13H,1H3/b18-12+. The fourth-order valence-corrected chi connectivity index (χ4v) is 2.19.